The number of ketones is 1. The van der Waals surface area contributed by atoms with Crippen molar-refractivity contribution < 1.29 is 14.3 Å². The van der Waals surface area contributed by atoms with Crippen molar-refractivity contribution in [2.24, 2.45) is 5.92 Å². The van der Waals surface area contributed by atoms with Crippen molar-refractivity contribution in [3.8, 4) is 5.75 Å². The second-order valence-electron chi connectivity index (χ2n) is 5.07. The first-order chi connectivity index (χ1) is 9.13. The van der Waals surface area contributed by atoms with Gasteiger partial charge in [0.25, 0.3) is 0 Å². The van der Waals surface area contributed by atoms with Crippen molar-refractivity contribution >= 4 is 5.78 Å². The summed E-state index contributed by atoms with van der Waals surface area (Å²) in [4.78, 5) is 12.6. The molecule has 1 aromatic carbocycles. The van der Waals surface area contributed by atoms with Gasteiger partial charge in [-0.05, 0) is 33.0 Å². The fourth-order valence-corrected chi connectivity index (χ4v) is 2.32. The lowest BCUT2D eigenvalue weighted by molar-refractivity contribution is 0.0886. The lowest BCUT2D eigenvalue weighted by Crippen LogP contribution is -2.37. The number of hydrogen-bond acceptors (Lipinski definition) is 4. The van der Waals surface area contributed by atoms with Gasteiger partial charge in [-0.2, -0.15) is 0 Å². The highest BCUT2D eigenvalue weighted by Crippen LogP contribution is 2.26. The normalized spacial score (nSPS) is 22.7. The first-order valence-electron chi connectivity index (χ1n) is 6.68. The fourth-order valence-electron chi connectivity index (χ4n) is 2.32. The molecule has 19 heavy (non-hydrogen) atoms. The van der Waals surface area contributed by atoms with Crippen molar-refractivity contribution in [2.75, 3.05) is 20.3 Å². The summed E-state index contributed by atoms with van der Waals surface area (Å²) in [5, 5.41) is 3.14. The Morgan fingerprint density at radius 2 is 2.11 bits per heavy atom. The molecule has 0 amide bonds. The Hall–Kier alpha value is -1.39. The van der Waals surface area contributed by atoms with E-state index in [4.69, 9.17) is 9.47 Å². The van der Waals surface area contributed by atoms with Crippen LogP contribution in [-0.2, 0) is 4.74 Å². The van der Waals surface area contributed by atoms with Crippen LogP contribution < -0.4 is 10.1 Å². The van der Waals surface area contributed by atoms with Gasteiger partial charge in [0.2, 0.25) is 0 Å². The van der Waals surface area contributed by atoms with Crippen LogP contribution in [0.3, 0.4) is 0 Å². The molecular formula is C15H21NO3. The lowest BCUT2D eigenvalue weighted by atomic mass is 9.93. The van der Waals surface area contributed by atoms with E-state index in [-0.39, 0.29) is 23.8 Å². The summed E-state index contributed by atoms with van der Waals surface area (Å²) in [5.74, 6) is 0.610. The fraction of sp³-hybridized carbons (Fsp3) is 0.533. The van der Waals surface area contributed by atoms with Crippen LogP contribution in [-0.4, -0.2) is 38.2 Å². The van der Waals surface area contributed by atoms with Gasteiger partial charge >= 0.3 is 0 Å². The summed E-state index contributed by atoms with van der Waals surface area (Å²) in [6.07, 6.45) is 0.0499. The first kappa shape index (κ1) is 14.0. The highest BCUT2D eigenvalue weighted by molar-refractivity contribution is 6.01. The minimum Gasteiger partial charge on any atom is -0.490 e. The lowest BCUT2D eigenvalue weighted by Gasteiger charge is -2.18. The van der Waals surface area contributed by atoms with Gasteiger partial charge in [-0.3, -0.25) is 4.79 Å². The maximum absolute atomic E-state index is 12.6. The second kappa shape index (κ2) is 6.17. The number of Topliss-reactive ketones (excluding diaryl/α,β-unsaturated/α-hetero) is 1. The van der Waals surface area contributed by atoms with E-state index >= 15 is 0 Å². The molecule has 0 bridgehead atoms. The van der Waals surface area contributed by atoms with E-state index in [1.807, 2.05) is 45.2 Å². The van der Waals surface area contributed by atoms with Crippen LogP contribution >= 0.6 is 0 Å². The third-order valence-electron chi connectivity index (χ3n) is 3.30. The van der Waals surface area contributed by atoms with E-state index in [1.54, 1.807) is 0 Å². The maximum Gasteiger partial charge on any atom is 0.173 e. The highest BCUT2D eigenvalue weighted by atomic mass is 16.5. The van der Waals surface area contributed by atoms with Gasteiger partial charge in [0.15, 0.2) is 5.78 Å². The molecule has 2 rings (SSSR count). The van der Waals surface area contributed by atoms with Crippen LogP contribution in [0.1, 0.15) is 24.2 Å². The van der Waals surface area contributed by atoms with Gasteiger partial charge in [0, 0.05) is 6.04 Å². The minimum absolute atomic E-state index is 0.0499. The van der Waals surface area contributed by atoms with Gasteiger partial charge in [-0.1, -0.05) is 12.1 Å². The van der Waals surface area contributed by atoms with Gasteiger partial charge in [-0.25, -0.2) is 0 Å². The molecule has 0 aliphatic carbocycles. The Morgan fingerprint density at radius 1 is 1.37 bits per heavy atom. The third kappa shape index (κ3) is 3.14. The zero-order valence-electron chi connectivity index (χ0n) is 11.7. The summed E-state index contributed by atoms with van der Waals surface area (Å²) in [6, 6.07) is 7.50. The van der Waals surface area contributed by atoms with Crippen molar-refractivity contribution in [3.05, 3.63) is 29.8 Å². The second-order valence-corrected chi connectivity index (χ2v) is 5.07. The third-order valence-corrected chi connectivity index (χ3v) is 3.30. The smallest absolute Gasteiger partial charge is 0.173 e. The highest BCUT2D eigenvalue weighted by Gasteiger charge is 2.34. The standard InChI is InChI=1S/C15H21NO3/c1-10(2)19-14-7-5-4-6-11(14)15(17)12-8-18-9-13(12)16-3/h4-7,10,12-13,16H,8-9H2,1-3H3. The predicted octanol–water partition coefficient (Wildman–Crippen LogP) is 1.89. The van der Waals surface area contributed by atoms with E-state index in [2.05, 4.69) is 5.32 Å². The average Bonchev–Trinajstić information content (AvgIpc) is 2.86. The SMILES string of the molecule is CNC1COCC1C(=O)c1ccccc1OC(C)C. The molecule has 104 valence electrons. The van der Waals surface area contributed by atoms with Crippen LogP contribution in [0.25, 0.3) is 0 Å². The quantitative estimate of drug-likeness (QED) is 0.824. The zero-order chi connectivity index (χ0) is 13.8. The number of nitrogens with one attached hydrogen (secondary N) is 1. The number of hydrogen-bond donors (Lipinski definition) is 1. The molecule has 4 nitrogen and oxygen atoms in total. The molecule has 1 fully saturated rings. The number of rotatable bonds is 5. The summed E-state index contributed by atoms with van der Waals surface area (Å²) in [5.41, 5.74) is 0.645. The van der Waals surface area contributed by atoms with E-state index in [0.29, 0.717) is 24.5 Å². The molecule has 0 radical (unpaired) electrons. The molecule has 1 aliphatic rings. The first-order valence-corrected chi connectivity index (χ1v) is 6.68. The van der Waals surface area contributed by atoms with Crippen molar-refractivity contribution in [2.45, 2.75) is 26.0 Å². The summed E-state index contributed by atoms with van der Waals surface area (Å²) in [6.45, 7) is 4.97. The monoisotopic (exact) mass is 263 g/mol. The average molecular weight is 263 g/mol. The number of ether oxygens (including phenoxy) is 2. The summed E-state index contributed by atoms with van der Waals surface area (Å²) in [7, 11) is 1.86. The number of para-hydroxylation sites is 1. The van der Waals surface area contributed by atoms with Gasteiger partial charge in [0.05, 0.1) is 30.8 Å². The molecule has 1 heterocycles. The molecule has 2 unspecified atom stereocenters. The van der Waals surface area contributed by atoms with Crippen LogP contribution in [0, 0.1) is 5.92 Å². The number of carbonyl (C=O) groups is 1. The van der Waals surface area contributed by atoms with E-state index < -0.39 is 0 Å². The molecule has 0 spiro atoms. The van der Waals surface area contributed by atoms with Crippen molar-refractivity contribution in [1.29, 1.82) is 0 Å². The molecule has 1 saturated heterocycles. The Bertz CT molecular complexity index is 445. The van der Waals surface area contributed by atoms with Crippen LogP contribution in [0.15, 0.2) is 24.3 Å². The number of carbonyl (C=O) groups excluding carboxylic acids is 1. The Labute approximate surface area is 114 Å². The number of benzene rings is 1. The zero-order valence-corrected chi connectivity index (χ0v) is 11.7. The van der Waals surface area contributed by atoms with Crippen molar-refractivity contribution in [3.63, 3.8) is 0 Å². The molecule has 1 N–H and O–H groups in total. The Morgan fingerprint density at radius 3 is 2.79 bits per heavy atom. The molecule has 4 heteroatoms. The largest absolute Gasteiger partial charge is 0.490 e. The topological polar surface area (TPSA) is 47.6 Å². The molecule has 2 atom stereocenters. The van der Waals surface area contributed by atoms with Crippen LogP contribution in [0.2, 0.25) is 0 Å². The van der Waals surface area contributed by atoms with E-state index in [1.165, 1.54) is 0 Å². The molecule has 0 saturated carbocycles. The van der Waals surface area contributed by atoms with Crippen LogP contribution in [0.4, 0.5) is 0 Å². The van der Waals surface area contributed by atoms with Gasteiger partial charge < -0.3 is 14.8 Å². The molecular weight excluding hydrogens is 242 g/mol. The summed E-state index contributed by atoms with van der Waals surface area (Å²) >= 11 is 0. The van der Waals surface area contributed by atoms with E-state index in [0.717, 1.165) is 0 Å². The maximum atomic E-state index is 12.6. The Balaban J connectivity index is 2.23. The molecule has 1 aromatic rings. The van der Waals surface area contributed by atoms with E-state index in [9.17, 15) is 4.79 Å². The van der Waals surface area contributed by atoms with Crippen LogP contribution in [0.5, 0.6) is 5.75 Å². The van der Waals surface area contributed by atoms with Gasteiger partial charge in [-0.15, -0.1) is 0 Å². The Kier molecular flexibility index (Phi) is 4.56. The minimum atomic E-state index is -0.137. The van der Waals surface area contributed by atoms with Crippen molar-refractivity contribution in [1.82, 2.24) is 5.32 Å². The van der Waals surface area contributed by atoms with Gasteiger partial charge in [0.1, 0.15) is 5.75 Å². The molecule has 0 aromatic heterocycles. The summed E-state index contributed by atoms with van der Waals surface area (Å²) < 4.78 is 11.1. The molecule has 1 aliphatic heterocycles. The number of likely N-dealkylation sites (N-methyl/N-ethyl adjacent to an activating group) is 1. The predicted molar refractivity (Wildman–Crippen MR) is 73.7 cm³/mol.